The highest BCUT2D eigenvalue weighted by Gasteiger charge is 2.27. The summed E-state index contributed by atoms with van der Waals surface area (Å²) in [5.41, 5.74) is 0. The van der Waals surface area contributed by atoms with Crippen LogP contribution in [0.2, 0.25) is 0 Å². The monoisotopic (exact) mass is 253 g/mol. The van der Waals surface area contributed by atoms with E-state index in [-0.39, 0.29) is 12.5 Å². The van der Waals surface area contributed by atoms with Gasteiger partial charge in [-0.15, -0.1) is 0 Å². The number of aryl methyl sites for hydroxylation is 1. The summed E-state index contributed by atoms with van der Waals surface area (Å²) in [6.45, 7) is 3.56. The fourth-order valence-electron chi connectivity index (χ4n) is 2.39. The van der Waals surface area contributed by atoms with Crippen molar-refractivity contribution in [2.75, 3.05) is 6.54 Å². The van der Waals surface area contributed by atoms with Gasteiger partial charge < -0.3 is 9.63 Å². The van der Waals surface area contributed by atoms with Crippen molar-refractivity contribution in [3.8, 4) is 0 Å². The molecule has 1 aromatic rings. The maximum Gasteiger partial charge on any atom is 0.304 e. The third kappa shape index (κ3) is 3.29. The van der Waals surface area contributed by atoms with E-state index < -0.39 is 5.97 Å². The number of hydrogen-bond donors (Lipinski definition) is 1. The Bertz CT molecular complexity index is 405. The molecule has 1 aliphatic rings. The number of aliphatic carboxylic acids is 1. The first kappa shape index (κ1) is 13.0. The molecule has 6 heteroatoms. The van der Waals surface area contributed by atoms with E-state index in [9.17, 15) is 4.79 Å². The van der Waals surface area contributed by atoms with Gasteiger partial charge in [0.1, 0.15) is 0 Å². The molecule has 0 aromatic carbocycles. The molecule has 0 aliphatic carbocycles. The summed E-state index contributed by atoms with van der Waals surface area (Å²) in [5, 5.41) is 12.8. The first-order valence-corrected chi connectivity index (χ1v) is 6.46. The van der Waals surface area contributed by atoms with Crippen molar-refractivity contribution in [1.82, 2.24) is 15.0 Å². The minimum absolute atomic E-state index is 0.107. The summed E-state index contributed by atoms with van der Waals surface area (Å²) < 4.78 is 5.13. The zero-order valence-electron chi connectivity index (χ0n) is 10.6. The molecule has 0 spiro atoms. The SMILES string of the molecule is CCCc1nc(CN2CCCC2CC(=O)O)no1. The lowest BCUT2D eigenvalue weighted by molar-refractivity contribution is -0.138. The van der Waals surface area contributed by atoms with Gasteiger partial charge in [0.05, 0.1) is 13.0 Å². The Labute approximate surface area is 106 Å². The van der Waals surface area contributed by atoms with Crippen molar-refractivity contribution in [3.05, 3.63) is 11.7 Å². The molecule has 0 amide bonds. The molecule has 0 radical (unpaired) electrons. The van der Waals surface area contributed by atoms with Gasteiger partial charge in [-0.2, -0.15) is 4.98 Å². The van der Waals surface area contributed by atoms with Crippen LogP contribution in [-0.4, -0.2) is 38.7 Å². The van der Waals surface area contributed by atoms with Gasteiger partial charge in [0.15, 0.2) is 5.82 Å². The van der Waals surface area contributed by atoms with Crippen molar-refractivity contribution in [1.29, 1.82) is 0 Å². The number of carbonyl (C=O) groups is 1. The predicted octanol–water partition coefficient (Wildman–Crippen LogP) is 1.46. The Morgan fingerprint density at radius 1 is 1.61 bits per heavy atom. The van der Waals surface area contributed by atoms with Gasteiger partial charge in [0.25, 0.3) is 0 Å². The van der Waals surface area contributed by atoms with E-state index in [0.29, 0.717) is 18.3 Å². The van der Waals surface area contributed by atoms with Gasteiger partial charge in [-0.3, -0.25) is 9.69 Å². The average molecular weight is 253 g/mol. The maximum absolute atomic E-state index is 10.8. The van der Waals surface area contributed by atoms with Gasteiger partial charge in [-0.1, -0.05) is 12.1 Å². The van der Waals surface area contributed by atoms with Crippen LogP contribution < -0.4 is 0 Å². The third-order valence-electron chi connectivity index (χ3n) is 3.23. The Morgan fingerprint density at radius 3 is 3.17 bits per heavy atom. The van der Waals surface area contributed by atoms with E-state index >= 15 is 0 Å². The molecule has 2 heterocycles. The lowest BCUT2D eigenvalue weighted by atomic mass is 10.1. The summed E-state index contributed by atoms with van der Waals surface area (Å²) >= 11 is 0. The number of likely N-dealkylation sites (tertiary alicyclic amines) is 1. The van der Waals surface area contributed by atoms with Gasteiger partial charge in [0.2, 0.25) is 5.89 Å². The van der Waals surface area contributed by atoms with E-state index in [2.05, 4.69) is 22.0 Å². The van der Waals surface area contributed by atoms with Crippen molar-refractivity contribution in [2.45, 2.75) is 51.6 Å². The van der Waals surface area contributed by atoms with Crippen molar-refractivity contribution in [2.24, 2.45) is 0 Å². The number of carboxylic acids is 1. The lowest BCUT2D eigenvalue weighted by Gasteiger charge is -2.20. The number of rotatable bonds is 6. The van der Waals surface area contributed by atoms with Gasteiger partial charge >= 0.3 is 5.97 Å². The highest BCUT2D eigenvalue weighted by atomic mass is 16.5. The quantitative estimate of drug-likeness (QED) is 0.826. The molecule has 1 fully saturated rings. The summed E-state index contributed by atoms with van der Waals surface area (Å²) in [4.78, 5) is 17.2. The van der Waals surface area contributed by atoms with E-state index in [4.69, 9.17) is 9.63 Å². The van der Waals surface area contributed by atoms with Crippen LogP contribution >= 0.6 is 0 Å². The molecular formula is C12H19N3O3. The standard InChI is InChI=1S/C12H19N3O3/c1-2-4-11-13-10(14-18-11)8-15-6-3-5-9(15)7-12(16)17/h9H,2-8H2,1H3,(H,16,17). The Balaban J connectivity index is 1.92. The number of hydrogen-bond acceptors (Lipinski definition) is 5. The second kappa shape index (κ2) is 5.95. The third-order valence-corrected chi connectivity index (χ3v) is 3.23. The van der Waals surface area contributed by atoms with Crippen LogP contribution in [0, 0.1) is 0 Å². The Morgan fingerprint density at radius 2 is 2.44 bits per heavy atom. The fourth-order valence-corrected chi connectivity index (χ4v) is 2.39. The molecule has 1 aromatic heterocycles. The van der Waals surface area contributed by atoms with Gasteiger partial charge in [0, 0.05) is 12.5 Å². The van der Waals surface area contributed by atoms with Gasteiger partial charge in [-0.25, -0.2) is 0 Å². The van der Waals surface area contributed by atoms with Gasteiger partial charge in [-0.05, 0) is 25.8 Å². The topological polar surface area (TPSA) is 79.5 Å². The van der Waals surface area contributed by atoms with Crippen LogP contribution in [0.1, 0.15) is 44.3 Å². The highest BCUT2D eigenvalue weighted by molar-refractivity contribution is 5.67. The largest absolute Gasteiger partial charge is 0.481 e. The fraction of sp³-hybridized carbons (Fsp3) is 0.750. The lowest BCUT2D eigenvalue weighted by Crippen LogP contribution is -2.31. The van der Waals surface area contributed by atoms with Crippen molar-refractivity contribution < 1.29 is 14.4 Å². The normalized spacial score (nSPS) is 20.4. The maximum atomic E-state index is 10.8. The Hall–Kier alpha value is -1.43. The molecule has 1 unspecified atom stereocenters. The van der Waals surface area contributed by atoms with Crippen molar-refractivity contribution >= 4 is 5.97 Å². The zero-order chi connectivity index (χ0) is 13.0. The summed E-state index contributed by atoms with van der Waals surface area (Å²) in [6, 6.07) is 0.107. The van der Waals surface area contributed by atoms with Crippen molar-refractivity contribution in [3.63, 3.8) is 0 Å². The molecular weight excluding hydrogens is 234 g/mol. The summed E-state index contributed by atoms with van der Waals surface area (Å²) in [7, 11) is 0. The zero-order valence-corrected chi connectivity index (χ0v) is 10.6. The number of aromatic nitrogens is 2. The number of carboxylic acid groups (broad SMARTS) is 1. The average Bonchev–Trinajstić information content (AvgIpc) is 2.90. The van der Waals surface area contributed by atoms with Crippen LogP contribution in [0.5, 0.6) is 0 Å². The van der Waals surface area contributed by atoms with E-state index in [1.165, 1.54) is 0 Å². The molecule has 1 aliphatic heterocycles. The van der Waals surface area contributed by atoms with Crippen LogP contribution in [0.15, 0.2) is 4.52 Å². The molecule has 2 rings (SSSR count). The molecule has 1 atom stereocenters. The van der Waals surface area contributed by atoms with Crippen LogP contribution in [0.3, 0.4) is 0 Å². The van der Waals surface area contributed by atoms with Crippen LogP contribution in [-0.2, 0) is 17.8 Å². The molecule has 100 valence electrons. The number of nitrogens with zero attached hydrogens (tertiary/aromatic N) is 3. The molecule has 0 bridgehead atoms. The first-order chi connectivity index (χ1) is 8.69. The molecule has 1 saturated heterocycles. The van der Waals surface area contributed by atoms with E-state index in [1.54, 1.807) is 0 Å². The minimum Gasteiger partial charge on any atom is -0.481 e. The van der Waals surface area contributed by atoms with Crippen LogP contribution in [0.25, 0.3) is 0 Å². The van der Waals surface area contributed by atoms with E-state index in [1.807, 2.05) is 0 Å². The Kier molecular flexibility index (Phi) is 4.30. The highest BCUT2D eigenvalue weighted by Crippen LogP contribution is 2.21. The minimum atomic E-state index is -0.744. The molecule has 6 nitrogen and oxygen atoms in total. The summed E-state index contributed by atoms with van der Waals surface area (Å²) in [6.07, 6.45) is 3.95. The first-order valence-electron chi connectivity index (χ1n) is 6.46. The molecule has 0 saturated carbocycles. The predicted molar refractivity (Wildman–Crippen MR) is 64.0 cm³/mol. The van der Waals surface area contributed by atoms with Crippen LogP contribution in [0.4, 0.5) is 0 Å². The molecule has 18 heavy (non-hydrogen) atoms. The second-order valence-electron chi connectivity index (χ2n) is 4.72. The molecule has 1 N–H and O–H groups in total. The summed E-state index contributed by atoms with van der Waals surface area (Å²) in [5.74, 6) is 0.587. The second-order valence-corrected chi connectivity index (χ2v) is 4.72. The van der Waals surface area contributed by atoms with E-state index in [0.717, 1.165) is 32.2 Å². The smallest absolute Gasteiger partial charge is 0.304 e.